The van der Waals surface area contributed by atoms with E-state index in [1.807, 2.05) is 29.2 Å². The molecule has 0 bridgehead atoms. The molecule has 1 N–H and O–H groups in total. The number of rotatable bonds is 5. The molecule has 6 heteroatoms. The van der Waals surface area contributed by atoms with Crippen LogP contribution in [0.3, 0.4) is 0 Å². The number of pyridine rings is 1. The number of benzene rings is 1. The maximum absolute atomic E-state index is 13.5. The van der Waals surface area contributed by atoms with E-state index < -0.39 is 11.5 Å². The first-order valence-corrected chi connectivity index (χ1v) is 9.78. The lowest BCUT2D eigenvalue weighted by molar-refractivity contribution is -0.121. The molecule has 146 valence electrons. The van der Waals surface area contributed by atoms with Gasteiger partial charge in [0.25, 0.3) is 5.91 Å². The van der Waals surface area contributed by atoms with Crippen LogP contribution in [0, 0.1) is 0 Å². The van der Waals surface area contributed by atoms with Crippen molar-refractivity contribution in [1.29, 1.82) is 0 Å². The van der Waals surface area contributed by atoms with E-state index in [0.717, 1.165) is 31.2 Å². The van der Waals surface area contributed by atoms with E-state index in [1.165, 1.54) is 0 Å². The van der Waals surface area contributed by atoms with E-state index in [2.05, 4.69) is 10.3 Å². The van der Waals surface area contributed by atoms with Crippen molar-refractivity contribution >= 4 is 17.5 Å². The Kier molecular flexibility index (Phi) is 5.13. The smallest absolute Gasteiger partial charge is 0.254 e. The number of anilines is 1. The van der Waals surface area contributed by atoms with Crippen LogP contribution >= 0.6 is 0 Å². The number of hydrogen-bond acceptors (Lipinski definition) is 4. The van der Waals surface area contributed by atoms with Gasteiger partial charge in [-0.25, -0.2) is 0 Å². The molecule has 1 aromatic carbocycles. The molecular formula is C22H25N3O3. The first-order valence-electron chi connectivity index (χ1n) is 9.78. The maximum atomic E-state index is 13.5. The largest absolute Gasteiger partial charge is 0.383 e. The van der Waals surface area contributed by atoms with Crippen molar-refractivity contribution in [1.82, 2.24) is 9.88 Å². The number of nitrogens with one attached hydrogen (secondary N) is 1. The molecule has 2 aromatic rings. The van der Waals surface area contributed by atoms with Gasteiger partial charge in [-0.05, 0) is 36.6 Å². The van der Waals surface area contributed by atoms with Crippen LogP contribution in [0.4, 0.5) is 5.69 Å². The molecule has 4 rings (SSSR count). The number of aromatic nitrogens is 1. The summed E-state index contributed by atoms with van der Waals surface area (Å²) >= 11 is 0. The second-order valence-electron chi connectivity index (χ2n) is 7.51. The summed E-state index contributed by atoms with van der Waals surface area (Å²) < 4.78 is 5.27. The third-order valence-corrected chi connectivity index (χ3v) is 6.02. The Morgan fingerprint density at radius 3 is 2.64 bits per heavy atom. The Hall–Kier alpha value is -2.73. The van der Waals surface area contributed by atoms with Gasteiger partial charge in [0.2, 0.25) is 5.91 Å². The molecule has 1 aliphatic heterocycles. The molecule has 6 nitrogen and oxygen atoms in total. The molecule has 1 aliphatic carbocycles. The number of fused-ring (bicyclic) bond motifs is 1. The van der Waals surface area contributed by atoms with Gasteiger partial charge in [0.1, 0.15) is 0 Å². The molecule has 28 heavy (non-hydrogen) atoms. The first kappa shape index (κ1) is 18.6. The van der Waals surface area contributed by atoms with Crippen molar-refractivity contribution in [2.24, 2.45) is 0 Å². The van der Waals surface area contributed by atoms with Crippen LogP contribution in [0.15, 0.2) is 48.8 Å². The molecular weight excluding hydrogens is 354 g/mol. The van der Waals surface area contributed by atoms with Gasteiger partial charge in [-0.3, -0.25) is 14.6 Å². The van der Waals surface area contributed by atoms with Crippen molar-refractivity contribution in [3.63, 3.8) is 0 Å². The zero-order valence-corrected chi connectivity index (χ0v) is 16.1. The fraction of sp³-hybridized carbons (Fsp3) is 0.409. The second-order valence-corrected chi connectivity index (χ2v) is 7.51. The zero-order chi connectivity index (χ0) is 19.6. The minimum absolute atomic E-state index is 0.00233. The van der Waals surface area contributed by atoms with Crippen molar-refractivity contribution in [2.45, 2.75) is 37.1 Å². The van der Waals surface area contributed by atoms with Crippen LogP contribution in [0.5, 0.6) is 0 Å². The number of carbonyl (C=O) groups excluding carboxylic acids is 2. The number of amides is 2. The van der Waals surface area contributed by atoms with Gasteiger partial charge in [-0.15, -0.1) is 0 Å². The van der Waals surface area contributed by atoms with Crippen LogP contribution < -0.4 is 5.32 Å². The van der Waals surface area contributed by atoms with E-state index in [0.29, 0.717) is 24.4 Å². The summed E-state index contributed by atoms with van der Waals surface area (Å²) in [5.41, 5.74) is 1.66. The molecule has 1 aromatic heterocycles. The fourth-order valence-electron chi connectivity index (χ4n) is 4.82. The number of hydrogen-bond donors (Lipinski definition) is 1. The highest BCUT2D eigenvalue weighted by Gasteiger charge is 2.55. The van der Waals surface area contributed by atoms with Gasteiger partial charge in [0, 0.05) is 37.3 Å². The monoisotopic (exact) mass is 379 g/mol. The highest BCUT2D eigenvalue weighted by molar-refractivity contribution is 6.05. The second kappa shape index (κ2) is 7.72. The summed E-state index contributed by atoms with van der Waals surface area (Å²) in [5.74, 6) is -0.480. The topological polar surface area (TPSA) is 71.5 Å². The van der Waals surface area contributed by atoms with Crippen molar-refractivity contribution in [3.05, 3.63) is 59.9 Å². The Morgan fingerprint density at radius 1 is 1.21 bits per heavy atom. The van der Waals surface area contributed by atoms with Crippen molar-refractivity contribution in [3.8, 4) is 0 Å². The summed E-state index contributed by atoms with van der Waals surface area (Å²) in [6, 6.07) is 11.1. The lowest BCUT2D eigenvalue weighted by Gasteiger charge is -2.50. The van der Waals surface area contributed by atoms with E-state index in [4.69, 9.17) is 4.74 Å². The predicted octanol–water partition coefficient (Wildman–Crippen LogP) is 3.22. The van der Waals surface area contributed by atoms with E-state index in [-0.39, 0.29) is 11.8 Å². The Bertz CT molecular complexity index is 862. The van der Waals surface area contributed by atoms with Gasteiger partial charge in [-0.2, -0.15) is 0 Å². The summed E-state index contributed by atoms with van der Waals surface area (Å²) in [7, 11) is 1.64. The third-order valence-electron chi connectivity index (χ3n) is 6.02. The quantitative estimate of drug-likeness (QED) is 0.866. The zero-order valence-electron chi connectivity index (χ0n) is 16.1. The number of carbonyl (C=O) groups is 2. The normalized spacial score (nSPS) is 20.2. The average molecular weight is 379 g/mol. The summed E-state index contributed by atoms with van der Waals surface area (Å²) in [4.78, 5) is 32.8. The third kappa shape index (κ3) is 3.07. The van der Waals surface area contributed by atoms with Crippen molar-refractivity contribution in [2.75, 3.05) is 25.6 Å². The van der Waals surface area contributed by atoms with Crippen LogP contribution in [-0.4, -0.2) is 47.5 Å². The van der Waals surface area contributed by atoms with E-state index in [1.54, 1.807) is 31.6 Å². The molecule has 0 radical (unpaired) electrons. The minimum atomic E-state index is -0.499. The van der Waals surface area contributed by atoms with Gasteiger partial charge >= 0.3 is 0 Å². The maximum Gasteiger partial charge on any atom is 0.254 e. The highest BCUT2D eigenvalue weighted by atomic mass is 16.5. The number of methoxy groups -OCH3 is 1. The lowest BCUT2D eigenvalue weighted by Crippen LogP contribution is -2.60. The van der Waals surface area contributed by atoms with Crippen molar-refractivity contribution < 1.29 is 14.3 Å². The minimum Gasteiger partial charge on any atom is -0.383 e. The van der Waals surface area contributed by atoms with E-state index in [9.17, 15) is 9.59 Å². The Balaban J connectivity index is 1.79. The molecule has 1 fully saturated rings. The van der Waals surface area contributed by atoms with Gasteiger partial charge in [0.15, 0.2) is 0 Å². The molecule has 2 heterocycles. The summed E-state index contributed by atoms with van der Waals surface area (Å²) in [6.07, 6.45) is 6.99. The number of nitrogens with zero attached hydrogens (tertiary/aromatic N) is 2. The standard InChI is InChI=1S/C22H25N3O3/c1-28-15-14-25-21(27)18-7-3-2-6-17(18)19(22(25)10-4-5-11-22)20(26)24-16-8-12-23-13-9-16/h2-3,6-9,12-13,19H,4-5,10-11,14-15H2,1H3,(H,23,24,26). The van der Waals surface area contributed by atoms with Gasteiger partial charge < -0.3 is 15.0 Å². The Morgan fingerprint density at radius 2 is 1.93 bits per heavy atom. The van der Waals surface area contributed by atoms with Crippen LogP contribution in [0.25, 0.3) is 0 Å². The molecule has 2 amide bonds. The van der Waals surface area contributed by atoms with Crippen LogP contribution in [-0.2, 0) is 9.53 Å². The lowest BCUT2D eigenvalue weighted by atomic mass is 9.71. The molecule has 1 unspecified atom stereocenters. The van der Waals surface area contributed by atoms with Gasteiger partial charge in [-0.1, -0.05) is 31.0 Å². The molecule has 1 spiro atoms. The SMILES string of the molecule is COCCN1C(=O)c2ccccc2C(C(=O)Nc2ccncc2)C12CCCC2. The molecule has 0 saturated heterocycles. The molecule has 1 saturated carbocycles. The average Bonchev–Trinajstić information content (AvgIpc) is 3.18. The number of ether oxygens (including phenoxy) is 1. The predicted molar refractivity (Wildman–Crippen MR) is 106 cm³/mol. The van der Waals surface area contributed by atoms with E-state index >= 15 is 0 Å². The molecule has 2 aliphatic rings. The van der Waals surface area contributed by atoms with Crippen LogP contribution in [0.1, 0.15) is 47.5 Å². The van der Waals surface area contributed by atoms with Crippen LogP contribution in [0.2, 0.25) is 0 Å². The molecule has 1 atom stereocenters. The van der Waals surface area contributed by atoms with Gasteiger partial charge in [0.05, 0.1) is 18.1 Å². The first-order chi connectivity index (χ1) is 13.7. The highest BCUT2D eigenvalue weighted by Crippen LogP contribution is 2.50. The Labute approximate surface area is 164 Å². The fourth-order valence-corrected chi connectivity index (χ4v) is 4.82. The summed E-state index contributed by atoms with van der Waals surface area (Å²) in [6.45, 7) is 0.942. The summed E-state index contributed by atoms with van der Waals surface area (Å²) in [5, 5.41) is 3.05.